The first-order chi connectivity index (χ1) is 19.1. The third kappa shape index (κ3) is 8.36. The number of nitrogens with zero attached hydrogens (tertiary/aromatic N) is 3. The highest BCUT2D eigenvalue weighted by Gasteiger charge is 2.27. The van der Waals surface area contributed by atoms with E-state index in [-0.39, 0.29) is 18.2 Å². The van der Waals surface area contributed by atoms with Gasteiger partial charge >= 0.3 is 12.1 Å². The standard InChI is InChI=1S/C29H37N5O4S2/c1-5-33-11-6-7-23(33)16-34(27(36)31-22-10-12-39-18-22)15-20-8-9-24(30-14-20)26(35)13-21-17-40-19-25(21)32-28(37)38-29(2,3)4/h8-10,12,14,17-19,23H,5-7,11,13,15-16H2,1-4H3,(H,31,36)(H,32,37). The lowest BCUT2D eigenvalue weighted by molar-refractivity contribution is 0.0635. The van der Waals surface area contributed by atoms with Gasteiger partial charge < -0.3 is 15.0 Å². The van der Waals surface area contributed by atoms with E-state index in [0.717, 1.165) is 37.2 Å². The second-order valence-corrected chi connectivity index (χ2v) is 12.4. The molecular formula is C29H37N5O4S2. The van der Waals surface area contributed by atoms with Gasteiger partial charge in [-0.05, 0) is 80.7 Å². The predicted molar refractivity (Wildman–Crippen MR) is 160 cm³/mol. The van der Waals surface area contributed by atoms with Crippen molar-refractivity contribution in [3.63, 3.8) is 0 Å². The van der Waals surface area contributed by atoms with Gasteiger partial charge in [0.15, 0.2) is 5.78 Å². The Balaban J connectivity index is 1.40. The minimum atomic E-state index is -0.617. The summed E-state index contributed by atoms with van der Waals surface area (Å²) in [6, 6.07) is 5.61. The molecule has 11 heteroatoms. The Morgan fingerprint density at radius 3 is 2.62 bits per heavy atom. The van der Waals surface area contributed by atoms with Crippen molar-refractivity contribution in [3.8, 4) is 0 Å². The van der Waals surface area contributed by atoms with Crippen LogP contribution in [0.1, 0.15) is 62.2 Å². The summed E-state index contributed by atoms with van der Waals surface area (Å²) >= 11 is 2.94. The van der Waals surface area contributed by atoms with Crippen molar-refractivity contribution >= 4 is 52.0 Å². The van der Waals surface area contributed by atoms with Crippen molar-refractivity contribution in [2.45, 2.75) is 65.1 Å². The molecule has 4 rings (SSSR count). The Morgan fingerprint density at radius 1 is 1.12 bits per heavy atom. The zero-order valence-corrected chi connectivity index (χ0v) is 25.1. The maximum Gasteiger partial charge on any atom is 0.412 e. The first kappa shape index (κ1) is 29.7. The first-order valence-electron chi connectivity index (χ1n) is 13.5. The van der Waals surface area contributed by atoms with E-state index in [1.54, 1.807) is 38.4 Å². The van der Waals surface area contributed by atoms with Crippen LogP contribution in [0.25, 0.3) is 0 Å². The van der Waals surface area contributed by atoms with Gasteiger partial charge in [0, 0.05) is 42.5 Å². The molecule has 0 aromatic carbocycles. The van der Waals surface area contributed by atoms with E-state index in [9.17, 15) is 14.4 Å². The van der Waals surface area contributed by atoms with Gasteiger partial charge in [-0.1, -0.05) is 13.0 Å². The number of hydrogen-bond acceptors (Lipinski definition) is 8. The molecule has 1 aliphatic rings. The normalized spacial score (nSPS) is 15.6. The highest BCUT2D eigenvalue weighted by atomic mass is 32.1. The van der Waals surface area contributed by atoms with Gasteiger partial charge in [-0.3, -0.25) is 20.0 Å². The third-order valence-electron chi connectivity index (χ3n) is 6.61. The van der Waals surface area contributed by atoms with Crippen molar-refractivity contribution in [2.24, 2.45) is 0 Å². The van der Waals surface area contributed by atoms with Crippen LogP contribution < -0.4 is 10.6 Å². The molecule has 1 saturated heterocycles. The Morgan fingerprint density at radius 2 is 1.95 bits per heavy atom. The van der Waals surface area contributed by atoms with Crippen LogP contribution in [0.15, 0.2) is 45.9 Å². The number of likely N-dealkylation sites (N-methyl/N-ethyl adjacent to an activating group) is 1. The van der Waals surface area contributed by atoms with Crippen LogP contribution in [0.4, 0.5) is 21.0 Å². The number of ether oxygens (including phenoxy) is 1. The summed E-state index contributed by atoms with van der Waals surface area (Å²) in [6.45, 7) is 10.6. The van der Waals surface area contributed by atoms with E-state index >= 15 is 0 Å². The molecule has 1 unspecified atom stereocenters. The van der Waals surface area contributed by atoms with Crippen molar-refractivity contribution in [1.29, 1.82) is 0 Å². The van der Waals surface area contributed by atoms with Crippen LogP contribution in [-0.2, 0) is 17.7 Å². The van der Waals surface area contributed by atoms with Crippen molar-refractivity contribution in [2.75, 3.05) is 30.3 Å². The predicted octanol–water partition coefficient (Wildman–Crippen LogP) is 6.50. The molecule has 1 aliphatic heterocycles. The molecule has 2 N–H and O–H groups in total. The molecule has 0 radical (unpaired) electrons. The number of anilines is 2. The number of pyridine rings is 1. The highest BCUT2D eigenvalue weighted by Crippen LogP contribution is 2.24. The lowest BCUT2D eigenvalue weighted by Gasteiger charge is -2.30. The van der Waals surface area contributed by atoms with Crippen LogP contribution in [0.5, 0.6) is 0 Å². The molecule has 214 valence electrons. The SMILES string of the molecule is CCN1CCCC1CN(Cc1ccc(C(=O)Cc2cscc2NC(=O)OC(C)(C)C)nc1)C(=O)Nc1ccsc1. The number of likely N-dealkylation sites (tertiary alicyclic amines) is 1. The largest absolute Gasteiger partial charge is 0.444 e. The van der Waals surface area contributed by atoms with Gasteiger partial charge in [0.2, 0.25) is 0 Å². The van der Waals surface area contributed by atoms with Gasteiger partial charge in [0.05, 0.1) is 11.4 Å². The van der Waals surface area contributed by atoms with Gasteiger partial charge in [-0.2, -0.15) is 11.3 Å². The van der Waals surface area contributed by atoms with E-state index < -0.39 is 11.7 Å². The number of ketones is 1. The lowest BCUT2D eigenvalue weighted by Crippen LogP contribution is -2.44. The molecule has 1 fully saturated rings. The summed E-state index contributed by atoms with van der Waals surface area (Å²) in [5.74, 6) is -0.159. The van der Waals surface area contributed by atoms with Crippen LogP contribution in [-0.4, -0.2) is 64.0 Å². The number of hydrogen-bond donors (Lipinski definition) is 2. The Labute approximate surface area is 243 Å². The fraction of sp³-hybridized carbons (Fsp3) is 0.448. The quantitative estimate of drug-likeness (QED) is 0.264. The average molecular weight is 584 g/mol. The molecular weight excluding hydrogens is 546 g/mol. The molecule has 4 heterocycles. The average Bonchev–Trinajstić information content (AvgIpc) is 3.66. The van der Waals surface area contributed by atoms with Crippen molar-refractivity contribution in [3.05, 3.63) is 62.7 Å². The Bertz CT molecular complexity index is 1280. The molecule has 0 saturated carbocycles. The molecule has 0 bridgehead atoms. The van der Waals surface area contributed by atoms with E-state index in [1.165, 1.54) is 22.7 Å². The van der Waals surface area contributed by atoms with Crippen LogP contribution >= 0.6 is 22.7 Å². The summed E-state index contributed by atoms with van der Waals surface area (Å²) in [4.78, 5) is 47.1. The second-order valence-electron chi connectivity index (χ2n) is 10.8. The smallest absolute Gasteiger partial charge is 0.412 e. The van der Waals surface area contributed by atoms with E-state index in [0.29, 0.717) is 36.1 Å². The summed E-state index contributed by atoms with van der Waals surface area (Å²) in [7, 11) is 0. The third-order valence-corrected chi connectivity index (χ3v) is 8.08. The number of thiophene rings is 2. The number of nitrogens with one attached hydrogen (secondary N) is 2. The summed E-state index contributed by atoms with van der Waals surface area (Å²) in [5.41, 5.74) is 2.62. The fourth-order valence-electron chi connectivity index (χ4n) is 4.68. The molecule has 40 heavy (non-hydrogen) atoms. The van der Waals surface area contributed by atoms with Gasteiger partial charge in [-0.25, -0.2) is 9.59 Å². The van der Waals surface area contributed by atoms with Crippen LogP contribution in [0.2, 0.25) is 0 Å². The molecule has 0 aliphatic carbocycles. The van der Waals surface area contributed by atoms with Gasteiger partial charge in [0.1, 0.15) is 11.3 Å². The first-order valence-corrected chi connectivity index (χ1v) is 15.3. The maximum absolute atomic E-state index is 13.2. The molecule has 3 amide bonds. The minimum Gasteiger partial charge on any atom is -0.444 e. The zero-order chi connectivity index (χ0) is 28.7. The van der Waals surface area contributed by atoms with E-state index in [4.69, 9.17) is 4.74 Å². The monoisotopic (exact) mass is 583 g/mol. The molecule has 1 atom stereocenters. The number of aromatic nitrogens is 1. The number of Topliss-reactive ketones (excluding diaryl/α,β-unsaturated/α-hetero) is 1. The Kier molecular flexibility index (Phi) is 9.94. The highest BCUT2D eigenvalue weighted by molar-refractivity contribution is 7.08. The number of amides is 3. The zero-order valence-electron chi connectivity index (χ0n) is 23.4. The van der Waals surface area contributed by atoms with Crippen LogP contribution in [0, 0.1) is 0 Å². The lowest BCUT2D eigenvalue weighted by atomic mass is 10.1. The van der Waals surface area contributed by atoms with Gasteiger partial charge in [-0.15, -0.1) is 11.3 Å². The molecule has 3 aromatic heterocycles. The van der Waals surface area contributed by atoms with E-state index in [2.05, 4.69) is 27.4 Å². The van der Waals surface area contributed by atoms with Gasteiger partial charge in [0.25, 0.3) is 0 Å². The minimum absolute atomic E-state index is 0.102. The molecule has 3 aromatic rings. The number of urea groups is 1. The fourth-order valence-corrected chi connectivity index (χ4v) is 6.06. The number of rotatable bonds is 10. The van der Waals surface area contributed by atoms with Crippen LogP contribution in [0.3, 0.4) is 0 Å². The van der Waals surface area contributed by atoms with E-state index in [1.807, 2.05) is 33.2 Å². The second kappa shape index (κ2) is 13.4. The maximum atomic E-state index is 13.2. The summed E-state index contributed by atoms with van der Waals surface area (Å²) < 4.78 is 5.32. The van der Waals surface area contributed by atoms with Crippen molar-refractivity contribution < 1.29 is 19.1 Å². The summed E-state index contributed by atoms with van der Waals surface area (Å²) in [6.07, 6.45) is 3.41. The molecule has 9 nitrogen and oxygen atoms in total. The number of carbonyl (C=O) groups excluding carboxylic acids is 3. The summed E-state index contributed by atoms with van der Waals surface area (Å²) in [5, 5.41) is 13.2. The van der Waals surface area contributed by atoms with Crippen molar-refractivity contribution in [1.82, 2.24) is 14.8 Å². The Hall–Kier alpha value is -3.28. The topological polar surface area (TPSA) is 104 Å². The number of carbonyl (C=O) groups is 3. The molecule has 0 spiro atoms.